The molecule has 4 rings (SSSR count). The van der Waals surface area contributed by atoms with Crippen LogP contribution in [0.3, 0.4) is 0 Å². The van der Waals surface area contributed by atoms with E-state index in [2.05, 4.69) is 25.4 Å². The van der Waals surface area contributed by atoms with Gasteiger partial charge in [0.2, 0.25) is 5.82 Å². The van der Waals surface area contributed by atoms with Crippen LogP contribution in [-0.2, 0) is 0 Å². The summed E-state index contributed by atoms with van der Waals surface area (Å²) in [7, 11) is 1.56. The van der Waals surface area contributed by atoms with E-state index in [9.17, 15) is 13.6 Å². The first-order valence-electron chi connectivity index (χ1n) is 8.73. The molecule has 24 heavy (non-hydrogen) atoms. The molecule has 0 aromatic carbocycles. The summed E-state index contributed by atoms with van der Waals surface area (Å²) in [6, 6.07) is 0. The predicted molar refractivity (Wildman–Crippen MR) is 82.8 cm³/mol. The molecular weight excluding hydrogens is 316 g/mol. The Morgan fingerprint density at radius 1 is 1.33 bits per heavy atom. The minimum absolute atomic E-state index is 0.182. The number of halogens is 2. The maximum atomic E-state index is 13.3. The minimum Gasteiger partial charge on any atom is -0.352 e. The maximum Gasteiger partial charge on any atom is 0.290 e. The minimum atomic E-state index is -2.36. The fourth-order valence-corrected chi connectivity index (χ4v) is 4.49. The second kappa shape index (κ2) is 5.75. The van der Waals surface area contributed by atoms with Crippen molar-refractivity contribution < 1.29 is 13.6 Å². The number of nitrogens with zero attached hydrogens (tertiary/aromatic N) is 3. The molecule has 1 aliphatic heterocycles. The number of carbonyl (C=O) groups is 1. The van der Waals surface area contributed by atoms with Crippen molar-refractivity contribution in [3.05, 3.63) is 11.6 Å². The standard InChI is InChI=1S/C16H23F2N5O/c1-19-15(24)14-20-13(21-22-14)10-2-4-23(5-3-10)8-9-6-11-12(7-9)16(11,17)18/h9-12H,2-8H2,1H3,(H,19,24)(H,20,21,22). The number of hydrogen-bond acceptors (Lipinski definition) is 4. The van der Waals surface area contributed by atoms with Crippen LogP contribution in [0.15, 0.2) is 0 Å². The van der Waals surface area contributed by atoms with E-state index in [1.54, 1.807) is 7.05 Å². The Bertz CT molecular complexity index is 612. The number of H-pyrrole nitrogens is 1. The van der Waals surface area contributed by atoms with Crippen molar-refractivity contribution in [2.24, 2.45) is 17.8 Å². The summed E-state index contributed by atoms with van der Waals surface area (Å²) in [5.74, 6) is -1.65. The van der Waals surface area contributed by atoms with Gasteiger partial charge >= 0.3 is 0 Å². The molecular formula is C16H23F2N5O. The Morgan fingerprint density at radius 2 is 2.00 bits per heavy atom. The van der Waals surface area contributed by atoms with Crippen molar-refractivity contribution in [3.63, 3.8) is 0 Å². The van der Waals surface area contributed by atoms with Gasteiger partial charge in [-0.15, -0.1) is 5.10 Å². The fourth-order valence-electron chi connectivity index (χ4n) is 4.49. The number of carbonyl (C=O) groups excluding carboxylic acids is 1. The van der Waals surface area contributed by atoms with E-state index in [-0.39, 0.29) is 29.5 Å². The highest BCUT2D eigenvalue weighted by molar-refractivity contribution is 5.89. The molecule has 0 radical (unpaired) electrons. The van der Waals surface area contributed by atoms with Crippen LogP contribution in [0.5, 0.6) is 0 Å². The first kappa shape index (κ1) is 15.9. The molecule has 2 heterocycles. The van der Waals surface area contributed by atoms with Gasteiger partial charge in [-0.05, 0) is 44.7 Å². The Labute approximate surface area is 139 Å². The third kappa shape index (κ3) is 2.70. The lowest BCUT2D eigenvalue weighted by molar-refractivity contribution is 0.0573. The van der Waals surface area contributed by atoms with Gasteiger partial charge in [0.15, 0.2) is 0 Å². The second-order valence-corrected chi connectivity index (χ2v) is 7.42. The highest BCUT2D eigenvalue weighted by Gasteiger charge is 2.71. The lowest BCUT2D eigenvalue weighted by Crippen LogP contribution is -2.37. The SMILES string of the molecule is CNC(=O)c1n[nH]c(C2CCN(CC3CC4C(C3)C4(F)F)CC2)n1. The van der Waals surface area contributed by atoms with E-state index in [0.29, 0.717) is 18.8 Å². The van der Waals surface area contributed by atoms with E-state index >= 15 is 0 Å². The first-order chi connectivity index (χ1) is 11.5. The summed E-state index contributed by atoms with van der Waals surface area (Å²) in [4.78, 5) is 18.2. The Morgan fingerprint density at radius 3 is 2.62 bits per heavy atom. The number of rotatable bonds is 4. The zero-order valence-corrected chi connectivity index (χ0v) is 13.8. The molecule has 0 bridgehead atoms. The molecule has 2 N–H and O–H groups in total. The third-order valence-electron chi connectivity index (χ3n) is 5.96. The van der Waals surface area contributed by atoms with Gasteiger partial charge in [-0.3, -0.25) is 9.89 Å². The van der Waals surface area contributed by atoms with Gasteiger partial charge in [0.1, 0.15) is 5.82 Å². The van der Waals surface area contributed by atoms with Gasteiger partial charge in [0, 0.05) is 31.3 Å². The van der Waals surface area contributed by atoms with Gasteiger partial charge in [0.25, 0.3) is 11.8 Å². The smallest absolute Gasteiger partial charge is 0.290 e. The molecule has 0 spiro atoms. The van der Waals surface area contributed by atoms with Gasteiger partial charge in [-0.1, -0.05) is 0 Å². The average Bonchev–Trinajstić information content (AvgIpc) is 3.06. The summed E-state index contributed by atoms with van der Waals surface area (Å²) >= 11 is 0. The zero-order valence-electron chi connectivity index (χ0n) is 13.8. The van der Waals surface area contributed by atoms with E-state index in [1.165, 1.54) is 0 Å². The normalized spacial score (nSPS) is 32.5. The molecule has 8 heteroatoms. The predicted octanol–water partition coefficient (Wildman–Crippen LogP) is 1.64. The molecule has 3 fully saturated rings. The van der Waals surface area contributed by atoms with Crippen molar-refractivity contribution in [3.8, 4) is 0 Å². The second-order valence-electron chi connectivity index (χ2n) is 7.42. The number of hydrogen-bond donors (Lipinski definition) is 2. The highest BCUT2D eigenvalue weighted by atomic mass is 19.3. The molecule has 6 nitrogen and oxygen atoms in total. The van der Waals surface area contributed by atoms with Crippen molar-refractivity contribution in [2.75, 3.05) is 26.7 Å². The molecule has 2 atom stereocenters. The van der Waals surface area contributed by atoms with E-state index < -0.39 is 5.92 Å². The molecule has 2 unspecified atom stereocenters. The number of alkyl halides is 2. The maximum absolute atomic E-state index is 13.3. The zero-order chi connectivity index (χ0) is 16.9. The summed E-state index contributed by atoms with van der Waals surface area (Å²) in [6.07, 6.45) is 3.29. The molecule has 132 valence electrons. The van der Waals surface area contributed by atoms with Crippen LogP contribution in [0.25, 0.3) is 0 Å². The van der Waals surface area contributed by atoms with Crippen LogP contribution in [0.1, 0.15) is 48.0 Å². The first-order valence-corrected chi connectivity index (χ1v) is 8.73. The molecule has 1 aromatic rings. The Balaban J connectivity index is 1.25. The van der Waals surface area contributed by atoms with Gasteiger partial charge in [0.05, 0.1) is 0 Å². The van der Waals surface area contributed by atoms with Gasteiger partial charge in [-0.2, -0.15) is 0 Å². The molecule has 1 amide bonds. The molecule has 3 aliphatic rings. The Kier molecular flexibility index (Phi) is 3.82. The van der Waals surface area contributed by atoms with E-state index in [0.717, 1.165) is 38.3 Å². The van der Waals surface area contributed by atoms with Crippen LogP contribution in [0.2, 0.25) is 0 Å². The number of nitrogens with one attached hydrogen (secondary N) is 2. The van der Waals surface area contributed by atoms with Crippen LogP contribution in [-0.4, -0.2) is 58.6 Å². The van der Waals surface area contributed by atoms with E-state index in [1.807, 2.05) is 0 Å². The number of aromatic nitrogens is 3. The van der Waals surface area contributed by atoms with Crippen LogP contribution >= 0.6 is 0 Å². The summed E-state index contributed by atoms with van der Waals surface area (Å²) in [5.41, 5.74) is 0. The summed E-state index contributed by atoms with van der Waals surface area (Å²) < 4.78 is 26.5. The van der Waals surface area contributed by atoms with Crippen molar-refractivity contribution in [1.82, 2.24) is 25.4 Å². The number of amides is 1. The fraction of sp³-hybridized carbons (Fsp3) is 0.812. The third-order valence-corrected chi connectivity index (χ3v) is 5.96. The topological polar surface area (TPSA) is 73.9 Å². The van der Waals surface area contributed by atoms with Crippen molar-refractivity contribution in [2.45, 2.75) is 37.5 Å². The number of likely N-dealkylation sites (tertiary alicyclic amines) is 1. The van der Waals surface area contributed by atoms with Gasteiger partial charge < -0.3 is 10.2 Å². The number of aromatic amines is 1. The molecule has 1 saturated heterocycles. The Hall–Kier alpha value is -1.57. The number of piperidine rings is 1. The number of fused-ring (bicyclic) bond motifs is 1. The highest BCUT2D eigenvalue weighted by Crippen LogP contribution is 2.65. The largest absolute Gasteiger partial charge is 0.352 e. The van der Waals surface area contributed by atoms with Crippen molar-refractivity contribution in [1.29, 1.82) is 0 Å². The van der Waals surface area contributed by atoms with E-state index in [4.69, 9.17) is 0 Å². The van der Waals surface area contributed by atoms with Crippen LogP contribution in [0, 0.1) is 17.8 Å². The average molecular weight is 339 g/mol. The van der Waals surface area contributed by atoms with Gasteiger partial charge in [-0.25, -0.2) is 13.8 Å². The quantitative estimate of drug-likeness (QED) is 0.874. The lowest BCUT2D eigenvalue weighted by Gasteiger charge is -2.33. The van der Waals surface area contributed by atoms with Crippen LogP contribution < -0.4 is 5.32 Å². The summed E-state index contributed by atoms with van der Waals surface area (Å²) in [5, 5.41) is 9.35. The lowest BCUT2D eigenvalue weighted by atomic mass is 9.94. The molecule has 2 aliphatic carbocycles. The van der Waals surface area contributed by atoms with Crippen molar-refractivity contribution >= 4 is 5.91 Å². The molecule has 1 aromatic heterocycles. The monoisotopic (exact) mass is 339 g/mol. The summed E-state index contributed by atoms with van der Waals surface area (Å²) in [6.45, 7) is 2.83. The van der Waals surface area contributed by atoms with Crippen LogP contribution in [0.4, 0.5) is 8.78 Å². The molecule has 2 saturated carbocycles.